The van der Waals surface area contributed by atoms with Crippen molar-refractivity contribution < 1.29 is 13.2 Å². The molecule has 2 rings (SSSR count). The zero-order chi connectivity index (χ0) is 13.4. The summed E-state index contributed by atoms with van der Waals surface area (Å²) in [5.74, 6) is 0. The maximum atomic E-state index is 12.4. The minimum absolute atomic E-state index is 0.169. The van der Waals surface area contributed by atoms with E-state index in [1.54, 1.807) is 0 Å². The first-order valence-corrected chi connectivity index (χ1v) is 6.05. The second-order valence-electron chi connectivity index (χ2n) is 5.01. The summed E-state index contributed by atoms with van der Waals surface area (Å²) in [6.07, 6.45) is -2.30. The maximum absolute atomic E-state index is 12.4. The van der Waals surface area contributed by atoms with E-state index in [9.17, 15) is 13.2 Å². The number of rotatable bonds is 3. The minimum Gasteiger partial charge on any atom is -0.368 e. The first-order chi connectivity index (χ1) is 8.34. The lowest BCUT2D eigenvalue weighted by molar-refractivity contribution is -0.137. The van der Waals surface area contributed by atoms with Crippen LogP contribution in [-0.4, -0.2) is 18.6 Å². The number of alkyl halides is 3. The molecule has 0 spiro atoms. The molecule has 0 atom stereocenters. The van der Waals surface area contributed by atoms with Gasteiger partial charge in [-0.15, -0.1) is 0 Å². The average molecular weight is 258 g/mol. The number of halogens is 3. The van der Waals surface area contributed by atoms with E-state index in [4.69, 9.17) is 5.73 Å². The van der Waals surface area contributed by atoms with Crippen molar-refractivity contribution in [2.24, 2.45) is 5.73 Å². The highest BCUT2D eigenvalue weighted by Gasteiger charge is 2.38. The monoisotopic (exact) mass is 258 g/mol. The van der Waals surface area contributed by atoms with Gasteiger partial charge < -0.3 is 10.6 Å². The van der Waals surface area contributed by atoms with E-state index in [1.807, 2.05) is 4.90 Å². The van der Waals surface area contributed by atoms with Crippen LogP contribution in [0.1, 0.15) is 25.3 Å². The van der Waals surface area contributed by atoms with Gasteiger partial charge in [0.15, 0.2) is 0 Å². The summed E-state index contributed by atoms with van der Waals surface area (Å²) >= 11 is 0. The summed E-state index contributed by atoms with van der Waals surface area (Å²) in [4.78, 5) is 2.01. The zero-order valence-corrected chi connectivity index (χ0v) is 10.3. The molecule has 0 amide bonds. The van der Waals surface area contributed by atoms with E-state index < -0.39 is 11.7 Å². The summed E-state index contributed by atoms with van der Waals surface area (Å²) in [6, 6.07) is 5.25. The van der Waals surface area contributed by atoms with Gasteiger partial charge in [-0.25, -0.2) is 0 Å². The van der Waals surface area contributed by atoms with Crippen molar-refractivity contribution in [2.45, 2.75) is 31.5 Å². The Bertz CT molecular complexity index is 405. The van der Waals surface area contributed by atoms with Crippen LogP contribution in [0.15, 0.2) is 24.3 Å². The van der Waals surface area contributed by atoms with Crippen molar-refractivity contribution in [3.8, 4) is 0 Å². The third-order valence-corrected chi connectivity index (χ3v) is 3.32. The molecule has 0 aromatic heterocycles. The van der Waals surface area contributed by atoms with Crippen LogP contribution in [0.25, 0.3) is 0 Å². The van der Waals surface area contributed by atoms with Crippen LogP contribution in [0, 0.1) is 0 Å². The summed E-state index contributed by atoms with van der Waals surface area (Å²) in [6.45, 7) is 3.51. The van der Waals surface area contributed by atoms with Crippen LogP contribution in [0.4, 0.5) is 18.9 Å². The molecule has 1 aliphatic heterocycles. The Balaban J connectivity index is 2.01. The number of nitrogens with zero attached hydrogens (tertiary/aromatic N) is 1. The average Bonchev–Trinajstić information content (AvgIpc) is 2.25. The molecule has 2 N–H and O–H groups in total. The Morgan fingerprint density at radius 3 is 2.22 bits per heavy atom. The fourth-order valence-electron chi connectivity index (χ4n) is 2.41. The first kappa shape index (κ1) is 13.2. The summed E-state index contributed by atoms with van der Waals surface area (Å²) < 4.78 is 37.2. The van der Waals surface area contributed by atoms with Crippen LogP contribution >= 0.6 is 0 Å². The molecule has 1 fully saturated rings. The van der Waals surface area contributed by atoms with Crippen LogP contribution in [-0.2, 0) is 6.18 Å². The lowest BCUT2D eigenvalue weighted by Crippen LogP contribution is -2.67. The van der Waals surface area contributed by atoms with Gasteiger partial charge in [-0.1, -0.05) is 13.3 Å². The van der Waals surface area contributed by atoms with Crippen molar-refractivity contribution in [2.75, 3.05) is 18.0 Å². The number of nitrogens with two attached hydrogens (primary N) is 1. The van der Waals surface area contributed by atoms with Gasteiger partial charge in [-0.05, 0) is 30.7 Å². The number of anilines is 1. The van der Waals surface area contributed by atoms with E-state index in [0.717, 1.165) is 30.7 Å². The molecule has 1 aromatic carbocycles. The zero-order valence-electron chi connectivity index (χ0n) is 10.3. The standard InChI is InChI=1S/C13H17F3N2/c1-2-7-12(17)8-18(9-12)11-5-3-10(4-6-11)13(14,15)16/h3-6H,2,7-9,17H2,1H3. The minimum atomic E-state index is -4.27. The van der Waals surface area contributed by atoms with Gasteiger partial charge >= 0.3 is 6.18 Å². The second kappa shape index (κ2) is 4.46. The molecule has 0 radical (unpaired) electrons. The molecule has 1 heterocycles. The lowest BCUT2D eigenvalue weighted by Gasteiger charge is -2.49. The van der Waals surface area contributed by atoms with Crippen molar-refractivity contribution in [3.63, 3.8) is 0 Å². The van der Waals surface area contributed by atoms with Crippen LogP contribution < -0.4 is 10.6 Å². The highest BCUT2D eigenvalue weighted by Crippen LogP contribution is 2.33. The molecule has 0 aliphatic carbocycles. The Morgan fingerprint density at radius 1 is 1.22 bits per heavy atom. The largest absolute Gasteiger partial charge is 0.416 e. The van der Waals surface area contributed by atoms with Gasteiger partial charge in [0.05, 0.1) is 11.1 Å². The fourth-order valence-corrected chi connectivity index (χ4v) is 2.41. The Kier molecular flexibility index (Phi) is 3.27. The lowest BCUT2D eigenvalue weighted by atomic mass is 9.86. The van der Waals surface area contributed by atoms with Crippen molar-refractivity contribution in [1.82, 2.24) is 0 Å². The Hall–Kier alpha value is -1.23. The molecule has 1 aromatic rings. The number of hydrogen-bond acceptors (Lipinski definition) is 2. The summed E-state index contributed by atoms with van der Waals surface area (Å²) in [7, 11) is 0. The summed E-state index contributed by atoms with van der Waals surface area (Å²) in [5, 5.41) is 0. The van der Waals surface area contributed by atoms with Crippen LogP contribution in [0.2, 0.25) is 0 Å². The number of hydrogen-bond donors (Lipinski definition) is 1. The predicted molar refractivity (Wildman–Crippen MR) is 65.5 cm³/mol. The molecule has 1 aliphatic rings. The van der Waals surface area contributed by atoms with E-state index in [2.05, 4.69) is 6.92 Å². The van der Waals surface area contributed by atoms with E-state index >= 15 is 0 Å². The van der Waals surface area contributed by atoms with Gasteiger partial charge in [-0.2, -0.15) is 13.2 Å². The van der Waals surface area contributed by atoms with E-state index in [0.29, 0.717) is 13.1 Å². The maximum Gasteiger partial charge on any atom is 0.416 e. The van der Waals surface area contributed by atoms with E-state index in [1.165, 1.54) is 12.1 Å². The number of benzene rings is 1. The van der Waals surface area contributed by atoms with Gasteiger partial charge in [0.2, 0.25) is 0 Å². The Labute approximate surface area is 105 Å². The molecule has 1 saturated heterocycles. The predicted octanol–water partition coefficient (Wildman–Crippen LogP) is 3.02. The Morgan fingerprint density at radius 2 is 1.78 bits per heavy atom. The molecule has 0 unspecified atom stereocenters. The van der Waals surface area contributed by atoms with Crippen molar-refractivity contribution in [3.05, 3.63) is 29.8 Å². The molecule has 2 nitrogen and oxygen atoms in total. The normalized spacial score (nSPS) is 18.6. The van der Waals surface area contributed by atoms with Crippen molar-refractivity contribution in [1.29, 1.82) is 0 Å². The van der Waals surface area contributed by atoms with Crippen molar-refractivity contribution >= 4 is 5.69 Å². The third kappa shape index (κ3) is 2.61. The van der Waals surface area contributed by atoms with Crippen LogP contribution in [0.3, 0.4) is 0 Å². The van der Waals surface area contributed by atoms with Crippen LogP contribution in [0.5, 0.6) is 0 Å². The van der Waals surface area contributed by atoms with Gasteiger partial charge in [0.25, 0.3) is 0 Å². The first-order valence-electron chi connectivity index (χ1n) is 6.05. The SMILES string of the molecule is CCCC1(N)CN(c2ccc(C(F)(F)F)cc2)C1. The molecular weight excluding hydrogens is 241 g/mol. The third-order valence-electron chi connectivity index (χ3n) is 3.32. The smallest absolute Gasteiger partial charge is 0.368 e. The molecular formula is C13H17F3N2. The molecule has 18 heavy (non-hydrogen) atoms. The van der Waals surface area contributed by atoms with Gasteiger partial charge in [-0.3, -0.25) is 0 Å². The topological polar surface area (TPSA) is 29.3 Å². The molecule has 100 valence electrons. The highest BCUT2D eigenvalue weighted by atomic mass is 19.4. The highest BCUT2D eigenvalue weighted by molar-refractivity contribution is 5.52. The van der Waals surface area contributed by atoms with Gasteiger partial charge in [0.1, 0.15) is 0 Å². The fraction of sp³-hybridized carbons (Fsp3) is 0.538. The summed E-state index contributed by atoms with van der Waals surface area (Å²) in [5.41, 5.74) is 6.14. The quantitative estimate of drug-likeness (QED) is 0.903. The van der Waals surface area contributed by atoms with Gasteiger partial charge in [0, 0.05) is 18.8 Å². The molecule has 0 bridgehead atoms. The second-order valence-corrected chi connectivity index (χ2v) is 5.01. The molecule has 0 saturated carbocycles. The molecule has 5 heteroatoms. The van der Waals surface area contributed by atoms with E-state index in [-0.39, 0.29) is 5.54 Å².